The first-order chi connectivity index (χ1) is 8.54. The molecule has 98 valence electrons. The van der Waals surface area contributed by atoms with Crippen LogP contribution in [0.15, 0.2) is 18.2 Å². The Labute approximate surface area is 111 Å². The zero-order valence-electron chi connectivity index (χ0n) is 10.0. The minimum absolute atomic E-state index is 0.0291. The van der Waals surface area contributed by atoms with Gasteiger partial charge in [0, 0.05) is 22.3 Å². The second kappa shape index (κ2) is 5.59. The van der Waals surface area contributed by atoms with Gasteiger partial charge in [-0.3, -0.25) is 4.79 Å². The van der Waals surface area contributed by atoms with E-state index in [1.807, 2.05) is 0 Å². The molecule has 0 aliphatic heterocycles. The number of aliphatic hydroxyl groups is 1. The van der Waals surface area contributed by atoms with E-state index in [4.69, 9.17) is 17.3 Å². The summed E-state index contributed by atoms with van der Waals surface area (Å²) in [6.45, 7) is 0. The quantitative estimate of drug-likeness (QED) is 0.718. The fourth-order valence-electron chi connectivity index (χ4n) is 2.31. The Morgan fingerprint density at radius 3 is 2.83 bits per heavy atom. The molecule has 2 atom stereocenters. The number of nitrogen functional groups attached to an aromatic ring is 1. The van der Waals surface area contributed by atoms with Gasteiger partial charge in [-0.05, 0) is 43.9 Å². The molecule has 1 fully saturated rings. The van der Waals surface area contributed by atoms with Crippen LogP contribution in [0.25, 0.3) is 0 Å². The molecule has 4 N–H and O–H groups in total. The molecule has 18 heavy (non-hydrogen) atoms. The van der Waals surface area contributed by atoms with Gasteiger partial charge >= 0.3 is 0 Å². The third-order valence-corrected chi connectivity index (χ3v) is 3.38. The van der Waals surface area contributed by atoms with Crippen molar-refractivity contribution in [2.24, 2.45) is 0 Å². The van der Waals surface area contributed by atoms with Crippen LogP contribution in [0, 0.1) is 0 Å². The van der Waals surface area contributed by atoms with Crippen LogP contribution in [-0.4, -0.2) is 23.2 Å². The average Bonchev–Trinajstić information content (AvgIpc) is 2.27. The molecule has 0 saturated heterocycles. The molecule has 1 amide bonds. The maximum atomic E-state index is 12.0. The number of halogens is 1. The first-order valence-electron chi connectivity index (χ1n) is 6.09. The number of hydrogen-bond donors (Lipinski definition) is 3. The zero-order valence-corrected chi connectivity index (χ0v) is 10.8. The SMILES string of the molecule is Nc1cc(Cl)cc(C(=O)NC2CCCC(O)C2)c1. The summed E-state index contributed by atoms with van der Waals surface area (Å²) >= 11 is 5.86. The van der Waals surface area contributed by atoms with Crippen LogP contribution >= 0.6 is 11.6 Å². The van der Waals surface area contributed by atoms with E-state index in [0.29, 0.717) is 22.7 Å². The van der Waals surface area contributed by atoms with Gasteiger partial charge in [-0.1, -0.05) is 11.6 Å². The van der Waals surface area contributed by atoms with E-state index >= 15 is 0 Å². The van der Waals surface area contributed by atoms with Gasteiger partial charge in [-0.15, -0.1) is 0 Å². The highest BCUT2D eigenvalue weighted by Gasteiger charge is 2.22. The number of anilines is 1. The maximum Gasteiger partial charge on any atom is 0.251 e. The fraction of sp³-hybridized carbons (Fsp3) is 0.462. The zero-order chi connectivity index (χ0) is 13.1. The lowest BCUT2D eigenvalue weighted by Crippen LogP contribution is -2.39. The number of nitrogens with one attached hydrogen (secondary N) is 1. The Kier molecular flexibility index (Phi) is 4.09. The van der Waals surface area contributed by atoms with E-state index in [0.717, 1.165) is 19.3 Å². The Hall–Kier alpha value is -1.26. The molecule has 0 bridgehead atoms. The molecule has 1 aromatic carbocycles. The van der Waals surface area contributed by atoms with E-state index < -0.39 is 0 Å². The lowest BCUT2D eigenvalue weighted by atomic mass is 9.93. The minimum Gasteiger partial charge on any atom is -0.399 e. The van der Waals surface area contributed by atoms with Crippen LogP contribution in [0.4, 0.5) is 5.69 Å². The number of aliphatic hydroxyl groups excluding tert-OH is 1. The second-order valence-corrected chi connectivity index (χ2v) is 5.20. The van der Waals surface area contributed by atoms with E-state index in [-0.39, 0.29) is 18.1 Å². The van der Waals surface area contributed by atoms with Gasteiger partial charge < -0.3 is 16.2 Å². The monoisotopic (exact) mass is 268 g/mol. The summed E-state index contributed by atoms with van der Waals surface area (Å²) in [7, 11) is 0. The molecule has 2 unspecified atom stereocenters. The van der Waals surface area contributed by atoms with Gasteiger partial charge in [0.2, 0.25) is 0 Å². The van der Waals surface area contributed by atoms with Gasteiger partial charge in [0.15, 0.2) is 0 Å². The standard InChI is InChI=1S/C13H17ClN2O2/c14-9-4-8(5-10(15)6-9)13(18)16-11-2-1-3-12(17)7-11/h4-6,11-12,17H,1-3,7,15H2,(H,16,18). The normalized spacial score (nSPS) is 23.7. The summed E-state index contributed by atoms with van der Waals surface area (Å²) < 4.78 is 0. The minimum atomic E-state index is -0.312. The van der Waals surface area contributed by atoms with Crippen LogP contribution in [0.1, 0.15) is 36.0 Å². The van der Waals surface area contributed by atoms with Crippen molar-refractivity contribution in [3.63, 3.8) is 0 Å². The predicted molar refractivity (Wildman–Crippen MR) is 71.6 cm³/mol. The highest BCUT2D eigenvalue weighted by atomic mass is 35.5. The Bertz CT molecular complexity index is 430. The lowest BCUT2D eigenvalue weighted by Gasteiger charge is -2.26. The first kappa shape index (κ1) is 13.2. The molecule has 0 heterocycles. The largest absolute Gasteiger partial charge is 0.399 e. The molecular formula is C13H17ClN2O2. The van der Waals surface area contributed by atoms with Gasteiger partial charge in [0.1, 0.15) is 0 Å². The number of carbonyl (C=O) groups excluding carboxylic acids is 1. The summed E-state index contributed by atoms with van der Waals surface area (Å²) in [6.07, 6.45) is 2.95. The summed E-state index contributed by atoms with van der Waals surface area (Å²) in [4.78, 5) is 12.0. The van der Waals surface area contributed by atoms with Crippen LogP contribution in [0.5, 0.6) is 0 Å². The molecule has 1 saturated carbocycles. The van der Waals surface area contributed by atoms with Gasteiger partial charge in [0.25, 0.3) is 5.91 Å². The summed E-state index contributed by atoms with van der Waals surface area (Å²) in [6, 6.07) is 4.82. The van der Waals surface area contributed by atoms with E-state index in [1.165, 1.54) is 0 Å². The molecular weight excluding hydrogens is 252 g/mol. The molecule has 0 aromatic heterocycles. The highest BCUT2D eigenvalue weighted by molar-refractivity contribution is 6.31. The smallest absolute Gasteiger partial charge is 0.251 e. The number of carbonyl (C=O) groups is 1. The van der Waals surface area contributed by atoms with Gasteiger partial charge in [-0.2, -0.15) is 0 Å². The third kappa shape index (κ3) is 3.37. The molecule has 5 heteroatoms. The maximum absolute atomic E-state index is 12.0. The van der Waals surface area contributed by atoms with Crippen molar-refractivity contribution in [2.45, 2.75) is 37.8 Å². The van der Waals surface area contributed by atoms with Crippen LogP contribution in [0.3, 0.4) is 0 Å². The molecule has 1 aliphatic rings. The van der Waals surface area contributed by atoms with Crippen LogP contribution in [0.2, 0.25) is 5.02 Å². The molecule has 1 aliphatic carbocycles. The molecule has 4 nitrogen and oxygen atoms in total. The van der Waals surface area contributed by atoms with Crippen molar-refractivity contribution in [2.75, 3.05) is 5.73 Å². The van der Waals surface area contributed by atoms with Crippen molar-refractivity contribution in [3.05, 3.63) is 28.8 Å². The fourth-order valence-corrected chi connectivity index (χ4v) is 2.55. The molecule has 0 radical (unpaired) electrons. The first-order valence-corrected chi connectivity index (χ1v) is 6.47. The topological polar surface area (TPSA) is 75.4 Å². The summed E-state index contributed by atoms with van der Waals surface area (Å²) in [5, 5.41) is 12.9. The number of amides is 1. The van der Waals surface area contributed by atoms with Crippen molar-refractivity contribution in [3.8, 4) is 0 Å². The number of nitrogens with two attached hydrogens (primary N) is 1. The van der Waals surface area contributed by atoms with Crippen molar-refractivity contribution in [1.82, 2.24) is 5.32 Å². The molecule has 1 aromatic rings. The second-order valence-electron chi connectivity index (χ2n) is 4.76. The van der Waals surface area contributed by atoms with Gasteiger partial charge in [-0.25, -0.2) is 0 Å². The Morgan fingerprint density at radius 1 is 1.39 bits per heavy atom. The van der Waals surface area contributed by atoms with Gasteiger partial charge in [0.05, 0.1) is 6.10 Å². The Balaban J connectivity index is 2.02. The third-order valence-electron chi connectivity index (χ3n) is 3.16. The average molecular weight is 269 g/mol. The van der Waals surface area contributed by atoms with E-state index in [1.54, 1.807) is 18.2 Å². The van der Waals surface area contributed by atoms with E-state index in [2.05, 4.69) is 5.32 Å². The lowest BCUT2D eigenvalue weighted by molar-refractivity contribution is 0.0850. The van der Waals surface area contributed by atoms with Crippen molar-refractivity contribution >= 4 is 23.2 Å². The summed E-state index contributed by atoms with van der Waals surface area (Å²) in [5.41, 5.74) is 6.58. The Morgan fingerprint density at radius 2 is 2.17 bits per heavy atom. The predicted octanol–water partition coefficient (Wildman–Crippen LogP) is 1.96. The number of rotatable bonds is 2. The van der Waals surface area contributed by atoms with Crippen LogP contribution in [-0.2, 0) is 0 Å². The highest BCUT2D eigenvalue weighted by Crippen LogP contribution is 2.20. The number of hydrogen-bond acceptors (Lipinski definition) is 3. The molecule has 0 spiro atoms. The summed E-state index contributed by atoms with van der Waals surface area (Å²) in [5.74, 6) is -0.191. The van der Waals surface area contributed by atoms with Crippen molar-refractivity contribution < 1.29 is 9.90 Å². The van der Waals surface area contributed by atoms with E-state index in [9.17, 15) is 9.90 Å². The van der Waals surface area contributed by atoms with Crippen LogP contribution < -0.4 is 11.1 Å². The number of benzene rings is 1. The van der Waals surface area contributed by atoms with Crippen molar-refractivity contribution in [1.29, 1.82) is 0 Å². The molecule has 2 rings (SSSR count).